The van der Waals surface area contributed by atoms with Crippen LogP contribution >= 0.6 is 0 Å². The highest BCUT2D eigenvalue weighted by atomic mass is 15.2. The summed E-state index contributed by atoms with van der Waals surface area (Å²) >= 11 is 0. The quantitative estimate of drug-likeness (QED) is 0.710. The van der Waals surface area contributed by atoms with Gasteiger partial charge in [0.25, 0.3) is 0 Å². The lowest BCUT2D eigenvalue weighted by Gasteiger charge is -2.19. The molecule has 0 saturated heterocycles. The molecule has 3 rings (SSSR count). The minimum atomic E-state index is 0.621. The van der Waals surface area contributed by atoms with Crippen molar-refractivity contribution in [3.63, 3.8) is 0 Å². The van der Waals surface area contributed by atoms with Crippen LogP contribution in [0.3, 0.4) is 0 Å². The number of pyridine rings is 1. The minimum Gasteiger partial charge on any atom is -0.286 e. The molecule has 1 aliphatic rings. The van der Waals surface area contributed by atoms with Crippen molar-refractivity contribution in [1.82, 2.24) is 14.6 Å². The normalized spacial score (nSPS) is 18.4. The smallest absolute Gasteiger partial charge is 0.160 e. The summed E-state index contributed by atoms with van der Waals surface area (Å²) in [5, 5.41) is 8.54. The van der Waals surface area contributed by atoms with E-state index in [0.29, 0.717) is 5.92 Å². The van der Waals surface area contributed by atoms with E-state index in [9.17, 15) is 0 Å². The average Bonchev–Trinajstić information content (AvgIpc) is 2.74. The Balaban J connectivity index is 2.02. The van der Waals surface area contributed by atoms with Crippen molar-refractivity contribution in [3.05, 3.63) is 30.2 Å². The van der Waals surface area contributed by atoms with Gasteiger partial charge < -0.3 is 0 Å². The third-order valence-electron chi connectivity index (χ3n) is 3.31. The summed E-state index contributed by atoms with van der Waals surface area (Å²) in [5.41, 5.74) is 0.970. The van der Waals surface area contributed by atoms with E-state index in [4.69, 9.17) is 0 Å². The fourth-order valence-electron chi connectivity index (χ4n) is 2.50. The van der Waals surface area contributed by atoms with Gasteiger partial charge >= 0.3 is 0 Å². The van der Waals surface area contributed by atoms with E-state index in [1.54, 1.807) is 0 Å². The van der Waals surface area contributed by atoms with Crippen LogP contribution in [0.15, 0.2) is 24.4 Å². The first-order valence-corrected chi connectivity index (χ1v) is 5.75. The Morgan fingerprint density at radius 3 is 2.80 bits per heavy atom. The van der Waals surface area contributed by atoms with E-state index in [2.05, 4.69) is 20.8 Å². The number of hydrogen-bond acceptors (Lipinski definition) is 2. The summed E-state index contributed by atoms with van der Waals surface area (Å²) in [6, 6.07) is 6.07. The minimum absolute atomic E-state index is 0.621. The molecule has 2 aromatic rings. The lowest BCUT2D eigenvalue weighted by molar-refractivity contribution is 0.426. The van der Waals surface area contributed by atoms with Crippen molar-refractivity contribution >= 4 is 5.65 Å². The highest BCUT2D eigenvalue weighted by Crippen LogP contribution is 2.31. The van der Waals surface area contributed by atoms with E-state index >= 15 is 0 Å². The molecule has 0 amide bonds. The van der Waals surface area contributed by atoms with Crippen molar-refractivity contribution in [2.24, 2.45) is 0 Å². The molecular weight excluding hydrogens is 186 g/mol. The van der Waals surface area contributed by atoms with Gasteiger partial charge in [0.15, 0.2) is 5.65 Å². The van der Waals surface area contributed by atoms with Crippen LogP contribution in [0.4, 0.5) is 0 Å². The second-order valence-corrected chi connectivity index (χ2v) is 4.32. The number of aromatic nitrogens is 3. The standard InChI is InChI=1S/C12H15N3/c1-2-6-10(7-3-1)12-14-13-11-8-4-5-9-15(11)12/h4-5,8-10H,1-3,6-7H2. The summed E-state index contributed by atoms with van der Waals surface area (Å²) in [6.45, 7) is 0. The fraction of sp³-hybridized carbons (Fsp3) is 0.500. The molecule has 1 fully saturated rings. The molecule has 0 spiro atoms. The van der Waals surface area contributed by atoms with Crippen LogP contribution in [-0.2, 0) is 0 Å². The van der Waals surface area contributed by atoms with Gasteiger partial charge in [-0.05, 0) is 25.0 Å². The molecule has 0 radical (unpaired) electrons. The summed E-state index contributed by atoms with van der Waals surface area (Å²) < 4.78 is 2.13. The highest BCUT2D eigenvalue weighted by molar-refractivity contribution is 5.37. The molecule has 0 unspecified atom stereocenters. The van der Waals surface area contributed by atoms with E-state index < -0.39 is 0 Å². The zero-order valence-electron chi connectivity index (χ0n) is 8.76. The Hall–Kier alpha value is -1.38. The predicted molar refractivity (Wildman–Crippen MR) is 58.8 cm³/mol. The van der Waals surface area contributed by atoms with Crippen LogP contribution in [-0.4, -0.2) is 14.6 Å². The molecule has 78 valence electrons. The molecule has 1 aliphatic carbocycles. The zero-order valence-corrected chi connectivity index (χ0v) is 8.76. The molecule has 3 nitrogen and oxygen atoms in total. The SMILES string of the molecule is c1ccn2c(C3CCCCC3)nnc2c1. The molecule has 15 heavy (non-hydrogen) atoms. The molecule has 1 saturated carbocycles. The fourth-order valence-corrected chi connectivity index (χ4v) is 2.50. The zero-order chi connectivity index (χ0) is 10.1. The van der Waals surface area contributed by atoms with Crippen molar-refractivity contribution in [1.29, 1.82) is 0 Å². The van der Waals surface area contributed by atoms with Crippen molar-refractivity contribution in [2.75, 3.05) is 0 Å². The topological polar surface area (TPSA) is 30.2 Å². The Bertz CT molecular complexity index is 455. The maximum absolute atomic E-state index is 4.33. The second kappa shape index (κ2) is 3.65. The van der Waals surface area contributed by atoms with E-state index in [-0.39, 0.29) is 0 Å². The lowest BCUT2D eigenvalue weighted by atomic mass is 9.89. The summed E-state index contributed by atoms with van der Waals surface area (Å²) in [4.78, 5) is 0. The predicted octanol–water partition coefficient (Wildman–Crippen LogP) is 2.78. The number of rotatable bonds is 1. The first kappa shape index (κ1) is 8.89. The van der Waals surface area contributed by atoms with Gasteiger partial charge in [-0.25, -0.2) is 0 Å². The van der Waals surface area contributed by atoms with Crippen molar-refractivity contribution in [2.45, 2.75) is 38.0 Å². The van der Waals surface area contributed by atoms with Crippen LogP contribution in [0.1, 0.15) is 43.8 Å². The van der Waals surface area contributed by atoms with Crippen LogP contribution in [0.5, 0.6) is 0 Å². The largest absolute Gasteiger partial charge is 0.286 e. The van der Waals surface area contributed by atoms with Gasteiger partial charge in [0.2, 0.25) is 0 Å². The van der Waals surface area contributed by atoms with Gasteiger partial charge in [-0.1, -0.05) is 25.3 Å². The van der Waals surface area contributed by atoms with E-state index in [1.165, 1.54) is 32.1 Å². The Morgan fingerprint density at radius 1 is 1.07 bits per heavy atom. The third-order valence-corrected chi connectivity index (χ3v) is 3.31. The molecule has 0 bridgehead atoms. The van der Waals surface area contributed by atoms with Gasteiger partial charge in [-0.2, -0.15) is 0 Å². The summed E-state index contributed by atoms with van der Waals surface area (Å²) in [5.74, 6) is 1.78. The first-order chi connectivity index (χ1) is 7.45. The molecule has 0 N–H and O–H groups in total. The Morgan fingerprint density at radius 2 is 1.93 bits per heavy atom. The van der Waals surface area contributed by atoms with Crippen molar-refractivity contribution in [3.8, 4) is 0 Å². The number of fused-ring (bicyclic) bond motifs is 1. The van der Waals surface area contributed by atoms with Crippen molar-refractivity contribution < 1.29 is 0 Å². The van der Waals surface area contributed by atoms with Gasteiger partial charge in [0.05, 0.1) is 0 Å². The maximum Gasteiger partial charge on any atom is 0.160 e. The third kappa shape index (κ3) is 1.52. The highest BCUT2D eigenvalue weighted by Gasteiger charge is 2.20. The maximum atomic E-state index is 4.33. The van der Waals surface area contributed by atoms with Gasteiger partial charge in [0, 0.05) is 12.1 Å². The van der Waals surface area contributed by atoms with Crippen LogP contribution < -0.4 is 0 Å². The molecule has 3 heteroatoms. The van der Waals surface area contributed by atoms with Gasteiger partial charge in [-0.15, -0.1) is 10.2 Å². The second-order valence-electron chi connectivity index (χ2n) is 4.32. The number of hydrogen-bond donors (Lipinski definition) is 0. The first-order valence-electron chi connectivity index (χ1n) is 5.75. The summed E-state index contributed by atoms with van der Waals surface area (Å²) in [7, 11) is 0. The average molecular weight is 201 g/mol. The van der Waals surface area contributed by atoms with Gasteiger partial charge in [-0.3, -0.25) is 4.40 Å². The van der Waals surface area contributed by atoms with Gasteiger partial charge in [0.1, 0.15) is 5.82 Å². The van der Waals surface area contributed by atoms with Crippen LogP contribution in [0.2, 0.25) is 0 Å². The molecule has 2 heterocycles. The van der Waals surface area contributed by atoms with E-state index in [0.717, 1.165) is 11.5 Å². The Kier molecular flexibility index (Phi) is 2.16. The van der Waals surface area contributed by atoms with E-state index in [1.807, 2.05) is 18.2 Å². The monoisotopic (exact) mass is 201 g/mol. The molecule has 0 aliphatic heterocycles. The molecule has 2 aromatic heterocycles. The Labute approximate surface area is 89.1 Å². The lowest BCUT2D eigenvalue weighted by Crippen LogP contribution is -2.08. The van der Waals surface area contributed by atoms with Crippen LogP contribution in [0.25, 0.3) is 5.65 Å². The molecular formula is C12H15N3. The molecule has 0 aromatic carbocycles. The molecule has 0 atom stereocenters. The summed E-state index contributed by atoms with van der Waals surface area (Å²) in [6.07, 6.45) is 8.68. The number of nitrogens with zero attached hydrogens (tertiary/aromatic N) is 3. The van der Waals surface area contributed by atoms with Crippen LogP contribution in [0, 0.1) is 0 Å².